The molecule has 0 aliphatic heterocycles. The summed E-state index contributed by atoms with van der Waals surface area (Å²) in [5, 5.41) is 15.4. The average Bonchev–Trinajstić information content (AvgIpc) is 3.57. The maximum atomic E-state index is 13.8. The predicted molar refractivity (Wildman–Crippen MR) is 130 cm³/mol. The van der Waals surface area contributed by atoms with Gasteiger partial charge in [-0.3, -0.25) is 4.90 Å². The van der Waals surface area contributed by atoms with Crippen LogP contribution in [0.5, 0.6) is 11.6 Å². The highest BCUT2D eigenvalue weighted by molar-refractivity contribution is 5.65. The first-order valence-corrected chi connectivity index (χ1v) is 12.0. The molecule has 0 spiro atoms. The zero-order chi connectivity index (χ0) is 24.1. The second-order valence-electron chi connectivity index (χ2n) is 9.35. The number of benzene rings is 2. The second-order valence-corrected chi connectivity index (χ2v) is 9.35. The highest BCUT2D eigenvalue weighted by Crippen LogP contribution is 2.36. The third kappa shape index (κ3) is 6.65. The van der Waals surface area contributed by atoms with Crippen molar-refractivity contribution in [3.8, 4) is 22.9 Å². The van der Waals surface area contributed by atoms with E-state index < -0.39 is 6.10 Å². The Hall–Kier alpha value is -2.74. The zero-order valence-electron chi connectivity index (χ0n) is 20.2. The number of ether oxygens (including phenoxy) is 2. The molecule has 1 aliphatic rings. The molecule has 7 heteroatoms. The Balaban J connectivity index is 1.64. The van der Waals surface area contributed by atoms with Gasteiger partial charge in [-0.25, -0.2) is 9.07 Å². The molecule has 6 nitrogen and oxygen atoms in total. The minimum atomic E-state index is -0.592. The lowest BCUT2D eigenvalue weighted by atomic mass is 10.1. The molecule has 1 aliphatic carbocycles. The van der Waals surface area contributed by atoms with Crippen LogP contribution in [-0.4, -0.2) is 51.7 Å². The minimum absolute atomic E-state index is 0.0702. The minimum Gasteiger partial charge on any atom is -0.439 e. The van der Waals surface area contributed by atoms with Gasteiger partial charge in [0.15, 0.2) is 0 Å². The predicted octanol–water partition coefficient (Wildman–Crippen LogP) is 5.02. The lowest BCUT2D eigenvalue weighted by Gasteiger charge is -2.26. The van der Waals surface area contributed by atoms with Crippen LogP contribution in [0.3, 0.4) is 0 Å². The Bertz CT molecular complexity index is 1070. The topological polar surface area (TPSA) is 59.8 Å². The summed E-state index contributed by atoms with van der Waals surface area (Å²) >= 11 is 0. The Morgan fingerprint density at radius 3 is 2.59 bits per heavy atom. The Kier molecular flexibility index (Phi) is 7.98. The molecule has 1 atom stereocenters. The van der Waals surface area contributed by atoms with E-state index in [1.54, 1.807) is 16.8 Å². The van der Waals surface area contributed by atoms with Gasteiger partial charge in [-0.1, -0.05) is 36.4 Å². The van der Waals surface area contributed by atoms with E-state index in [0.717, 1.165) is 23.4 Å². The summed E-state index contributed by atoms with van der Waals surface area (Å²) in [5.74, 6) is 1.27. The summed E-state index contributed by atoms with van der Waals surface area (Å²) < 4.78 is 27.3. The monoisotopic (exact) mass is 467 g/mol. The number of nitrogens with zero attached hydrogens (tertiary/aromatic N) is 3. The van der Waals surface area contributed by atoms with Gasteiger partial charge in [-0.2, -0.15) is 5.10 Å². The van der Waals surface area contributed by atoms with E-state index in [1.807, 2.05) is 51.2 Å². The highest BCUT2D eigenvalue weighted by atomic mass is 19.1. The number of aliphatic hydroxyl groups excluding tert-OH is 1. The van der Waals surface area contributed by atoms with Crippen molar-refractivity contribution < 1.29 is 19.0 Å². The molecule has 4 rings (SSSR count). The number of hydrogen-bond acceptors (Lipinski definition) is 5. The van der Waals surface area contributed by atoms with Gasteiger partial charge in [0.05, 0.1) is 24.4 Å². The highest BCUT2D eigenvalue weighted by Gasteiger charge is 2.28. The Morgan fingerprint density at radius 2 is 1.91 bits per heavy atom. The fraction of sp³-hybridized carbons (Fsp3) is 0.444. The first kappa shape index (κ1) is 24.4. The number of aliphatic hydroxyl groups is 1. The molecule has 1 saturated carbocycles. The van der Waals surface area contributed by atoms with Crippen LogP contribution in [0.2, 0.25) is 0 Å². The summed E-state index contributed by atoms with van der Waals surface area (Å²) in [4.78, 5) is 2.26. The molecule has 1 aromatic heterocycles. The SMILES string of the molecule is CC(C)OCC(O)CN(Cc1c(-c2ccccc2)nn(C)c1Oc1cccc(F)c1)CC1CC1. The van der Waals surface area contributed by atoms with E-state index in [9.17, 15) is 9.50 Å². The number of rotatable bonds is 12. The lowest BCUT2D eigenvalue weighted by Crippen LogP contribution is -2.36. The smallest absolute Gasteiger partial charge is 0.222 e. The first-order chi connectivity index (χ1) is 16.4. The first-order valence-electron chi connectivity index (χ1n) is 12.0. The third-order valence-corrected chi connectivity index (χ3v) is 5.83. The standard InChI is InChI=1S/C27H34FN3O3/c1-19(2)33-18-23(32)16-31(15-20-12-13-20)17-25-26(21-8-5-4-6-9-21)29-30(3)27(25)34-24-11-7-10-22(28)14-24/h4-11,14,19-20,23,32H,12-13,15-18H2,1-3H3. The van der Waals surface area contributed by atoms with Crippen molar-refractivity contribution in [2.45, 2.75) is 45.4 Å². The third-order valence-electron chi connectivity index (χ3n) is 5.83. The molecule has 1 N–H and O–H groups in total. The molecule has 3 aromatic rings. The van der Waals surface area contributed by atoms with Crippen molar-refractivity contribution >= 4 is 0 Å². The molecule has 1 fully saturated rings. The molecule has 1 unspecified atom stereocenters. The van der Waals surface area contributed by atoms with E-state index in [2.05, 4.69) is 4.90 Å². The van der Waals surface area contributed by atoms with Gasteiger partial charge < -0.3 is 14.6 Å². The van der Waals surface area contributed by atoms with Crippen molar-refractivity contribution in [2.75, 3.05) is 19.7 Å². The van der Waals surface area contributed by atoms with Crippen LogP contribution in [0, 0.1) is 11.7 Å². The van der Waals surface area contributed by atoms with Gasteiger partial charge >= 0.3 is 0 Å². The van der Waals surface area contributed by atoms with Gasteiger partial charge in [0.25, 0.3) is 0 Å². The van der Waals surface area contributed by atoms with Gasteiger partial charge in [0.1, 0.15) is 17.3 Å². The Morgan fingerprint density at radius 1 is 1.15 bits per heavy atom. The molecule has 34 heavy (non-hydrogen) atoms. The lowest BCUT2D eigenvalue weighted by molar-refractivity contribution is -0.0101. The van der Waals surface area contributed by atoms with Crippen LogP contribution < -0.4 is 4.74 Å². The van der Waals surface area contributed by atoms with Gasteiger partial charge in [0.2, 0.25) is 5.88 Å². The maximum Gasteiger partial charge on any atom is 0.222 e. The van der Waals surface area contributed by atoms with E-state index >= 15 is 0 Å². The molecule has 182 valence electrons. The van der Waals surface area contributed by atoms with Crippen LogP contribution in [0.25, 0.3) is 11.3 Å². The molecule has 0 amide bonds. The Labute approximate surface area is 200 Å². The maximum absolute atomic E-state index is 13.8. The van der Waals surface area contributed by atoms with Crippen LogP contribution in [0.15, 0.2) is 54.6 Å². The quantitative estimate of drug-likeness (QED) is 0.406. The van der Waals surface area contributed by atoms with E-state index in [0.29, 0.717) is 37.2 Å². The number of aryl methyl sites for hydroxylation is 1. The van der Waals surface area contributed by atoms with Gasteiger partial charge in [-0.15, -0.1) is 0 Å². The molecule has 0 saturated heterocycles. The van der Waals surface area contributed by atoms with Crippen molar-refractivity contribution in [3.05, 3.63) is 66.0 Å². The molecular weight excluding hydrogens is 433 g/mol. The summed E-state index contributed by atoms with van der Waals surface area (Å²) in [6.07, 6.45) is 1.90. The average molecular weight is 468 g/mol. The molecule has 0 bridgehead atoms. The van der Waals surface area contributed by atoms with Crippen molar-refractivity contribution in [2.24, 2.45) is 13.0 Å². The van der Waals surface area contributed by atoms with Crippen LogP contribution in [-0.2, 0) is 18.3 Å². The second kappa shape index (κ2) is 11.1. The summed E-state index contributed by atoms with van der Waals surface area (Å²) in [6.45, 7) is 6.16. The fourth-order valence-corrected chi connectivity index (χ4v) is 4.04. The van der Waals surface area contributed by atoms with Gasteiger partial charge in [-0.05, 0) is 44.7 Å². The fourth-order valence-electron chi connectivity index (χ4n) is 4.04. The van der Waals surface area contributed by atoms with Crippen LogP contribution >= 0.6 is 0 Å². The number of hydrogen-bond donors (Lipinski definition) is 1. The largest absolute Gasteiger partial charge is 0.439 e. The van der Waals surface area contributed by atoms with Gasteiger partial charge in [0, 0.05) is 38.3 Å². The summed E-state index contributed by atoms with van der Waals surface area (Å²) in [6, 6.07) is 16.1. The van der Waals surface area contributed by atoms with Crippen molar-refractivity contribution in [1.82, 2.24) is 14.7 Å². The van der Waals surface area contributed by atoms with E-state index in [1.165, 1.54) is 25.0 Å². The number of halogens is 1. The zero-order valence-corrected chi connectivity index (χ0v) is 20.2. The summed E-state index contributed by atoms with van der Waals surface area (Å²) in [7, 11) is 1.83. The van der Waals surface area contributed by atoms with Crippen molar-refractivity contribution in [1.29, 1.82) is 0 Å². The van der Waals surface area contributed by atoms with Crippen molar-refractivity contribution in [3.63, 3.8) is 0 Å². The normalized spacial score (nSPS) is 14.7. The van der Waals surface area contributed by atoms with E-state index in [-0.39, 0.29) is 11.9 Å². The molecule has 0 radical (unpaired) electrons. The molecule has 1 heterocycles. The van der Waals surface area contributed by atoms with Crippen LogP contribution in [0.1, 0.15) is 32.3 Å². The van der Waals surface area contributed by atoms with E-state index in [4.69, 9.17) is 14.6 Å². The molecule has 2 aromatic carbocycles. The van der Waals surface area contributed by atoms with Crippen LogP contribution in [0.4, 0.5) is 4.39 Å². The molecular formula is C27H34FN3O3. The number of aromatic nitrogens is 2. The summed E-state index contributed by atoms with van der Waals surface area (Å²) in [5.41, 5.74) is 2.72.